The van der Waals surface area contributed by atoms with Crippen LogP contribution in [0, 0.1) is 19.8 Å². The Bertz CT molecular complexity index is 1000. The molecule has 0 saturated carbocycles. The van der Waals surface area contributed by atoms with E-state index < -0.39 is 0 Å². The fourth-order valence-corrected chi connectivity index (χ4v) is 3.86. The third-order valence-corrected chi connectivity index (χ3v) is 5.47. The summed E-state index contributed by atoms with van der Waals surface area (Å²) in [5, 5.41) is 12.0. The summed E-state index contributed by atoms with van der Waals surface area (Å²) in [6, 6.07) is 20.1. The molecule has 1 amide bonds. The number of piperidine rings is 1. The molecule has 5 nitrogen and oxygen atoms in total. The van der Waals surface area contributed by atoms with Crippen LogP contribution >= 0.6 is 0 Å². The maximum absolute atomic E-state index is 12.8. The van der Waals surface area contributed by atoms with E-state index in [2.05, 4.69) is 39.5 Å². The molecule has 1 aliphatic heterocycles. The van der Waals surface area contributed by atoms with E-state index in [4.69, 9.17) is 0 Å². The highest BCUT2D eigenvalue weighted by Gasteiger charge is 2.27. The minimum absolute atomic E-state index is 0.0536. The van der Waals surface area contributed by atoms with E-state index in [9.17, 15) is 4.79 Å². The summed E-state index contributed by atoms with van der Waals surface area (Å²) in [5.41, 5.74) is 5.14. The van der Waals surface area contributed by atoms with Crippen molar-refractivity contribution >= 4 is 17.4 Å². The molecule has 1 aromatic heterocycles. The Balaban J connectivity index is 1.44. The van der Waals surface area contributed by atoms with Gasteiger partial charge in [-0.15, -0.1) is 10.2 Å². The minimum Gasteiger partial charge on any atom is -0.354 e. The van der Waals surface area contributed by atoms with E-state index in [0.29, 0.717) is 6.54 Å². The molecule has 148 valence electrons. The highest BCUT2D eigenvalue weighted by molar-refractivity contribution is 5.93. The van der Waals surface area contributed by atoms with E-state index in [1.165, 1.54) is 5.56 Å². The second-order valence-corrected chi connectivity index (χ2v) is 7.74. The molecule has 5 heteroatoms. The Hall–Kier alpha value is -3.21. The Kier molecular flexibility index (Phi) is 5.56. The number of anilines is 2. The molecule has 4 rings (SSSR count). The maximum atomic E-state index is 12.8. The first-order valence-electron chi connectivity index (χ1n) is 10.1. The Labute approximate surface area is 171 Å². The predicted molar refractivity (Wildman–Crippen MR) is 117 cm³/mol. The monoisotopic (exact) mass is 386 g/mol. The number of rotatable bonds is 4. The third kappa shape index (κ3) is 4.45. The Morgan fingerprint density at radius 2 is 1.90 bits per heavy atom. The van der Waals surface area contributed by atoms with Crippen LogP contribution in [-0.4, -0.2) is 29.2 Å². The second-order valence-electron chi connectivity index (χ2n) is 7.74. The number of benzene rings is 2. The Morgan fingerprint density at radius 1 is 1.03 bits per heavy atom. The van der Waals surface area contributed by atoms with E-state index in [-0.39, 0.29) is 11.8 Å². The van der Waals surface area contributed by atoms with Gasteiger partial charge < -0.3 is 10.2 Å². The predicted octanol–water partition coefficient (Wildman–Crippen LogP) is 4.62. The fourth-order valence-electron chi connectivity index (χ4n) is 3.86. The molecule has 29 heavy (non-hydrogen) atoms. The van der Waals surface area contributed by atoms with Gasteiger partial charge in [-0.2, -0.15) is 0 Å². The van der Waals surface area contributed by atoms with Crippen molar-refractivity contribution in [3.05, 3.63) is 71.8 Å². The Morgan fingerprint density at radius 3 is 2.66 bits per heavy atom. The summed E-state index contributed by atoms with van der Waals surface area (Å²) >= 11 is 0. The molecule has 2 aromatic carbocycles. The van der Waals surface area contributed by atoms with E-state index in [0.717, 1.165) is 47.7 Å². The lowest BCUT2D eigenvalue weighted by Gasteiger charge is -2.32. The smallest absolute Gasteiger partial charge is 0.229 e. The number of aryl methyl sites for hydroxylation is 2. The number of nitrogens with zero attached hydrogens (tertiary/aromatic N) is 3. The number of aromatic nitrogens is 2. The van der Waals surface area contributed by atoms with Crippen molar-refractivity contribution in [3.8, 4) is 11.3 Å². The van der Waals surface area contributed by atoms with Crippen LogP contribution in [0.2, 0.25) is 0 Å². The minimum atomic E-state index is -0.0536. The van der Waals surface area contributed by atoms with E-state index in [1.54, 1.807) is 0 Å². The summed E-state index contributed by atoms with van der Waals surface area (Å²) in [7, 11) is 0. The van der Waals surface area contributed by atoms with Gasteiger partial charge in [0.2, 0.25) is 5.91 Å². The number of carbonyl (C=O) groups is 1. The van der Waals surface area contributed by atoms with Gasteiger partial charge in [-0.25, -0.2) is 0 Å². The van der Waals surface area contributed by atoms with Crippen molar-refractivity contribution in [1.29, 1.82) is 0 Å². The highest BCUT2D eigenvalue weighted by atomic mass is 16.1. The van der Waals surface area contributed by atoms with Crippen LogP contribution in [-0.2, 0) is 4.79 Å². The molecule has 0 aliphatic carbocycles. The first kappa shape index (κ1) is 19.1. The lowest BCUT2D eigenvalue weighted by Crippen LogP contribution is -2.41. The first-order valence-corrected chi connectivity index (χ1v) is 10.1. The first-order chi connectivity index (χ1) is 14.1. The average molecular weight is 386 g/mol. The van der Waals surface area contributed by atoms with Crippen LogP contribution in [0.4, 0.5) is 11.5 Å². The topological polar surface area (TPSA) is 58.1 Å². The molecule has 1 saturated heterocycles. The van der Waals surface area contributed by atoms with Gasteiger partial charge >= 0.3 is 0 Å². The molecule has 1 aliphatic rings. The molecule has 0 spiro atoms. The molecule has 0 bridgehead atoms. The van der Waals surface area contributed by atoms with Gasteiger partial charge in [0.25, 0.3) is 0 Å². The van der Waals surface area contributed by atoms with Gasteiger partial charge in [0.15, 0.2) is 5.82 Å². The van der Waals surface area contributed by atoms with Gasteiger partial charge in [0.05, 0.1) is 11.6 Å². The largest absolute Gasteiger partial charge is 0.354 e. The zero-order chi connectivity index (χ0) is 20.2. The van der Waals surface area contributed by atoms with Crippen molar-refractivity contribution in [2.24, 2.45) is 5.92 Å². The van der Waals surface area contributed by atoms with Crippen molar-refractivity contribution in [3.63, 3.8) is 0 Å². The quantitative estimate of drug-likeness (QED) is 0.711. The van der Waals surface area contributed by atoms with Crippen molar-refractivity contribution < 1.29 is 4.79 Å². The molecule has 2 heterocycles. The summed E-state index contributed by atoms with van der Waals surface area (Å²) in [5.74, 6) is 0.849. The van der Waals surface area contributed by atoms with E-state index >= 15 is 0 Å². The zero-order valence-corrected chi connectivity index (χ0v) is 16.9. The van der Waals surface area contributed by atoms with Crippen molar-refractivity contribution in [2.45, 2.75) is 26.7 Å². The van der Waals surface area contributed by atoms with Crippen molar-refractivity contribution in [1.82, 2.24) is 10.2 Å². The molecule has 0 radical (unpaired) electrons. The molecule has 1 atom stereocenters. The summed E-state index contributed by atoms with van der Waals surface area (Å²) in [6.45, 7) is 5.66. The highest BCUT2D eigenvalue weighted by Crippen LogP contribution is 2.25. The van der Waals surface area contributed by atoms with Crippen LogP contribution in [0.25, 0.3) is 11.3 Å². The molecule has 1 N–H and O–H groups in total. The third-order valence-electron chi connectivity index (χ3n) is 5.47. The number of hydrogen-bond donors (Lipinski definition) is 1. The summed E-state index contributed by atoms with van der Waals surface area (Å²) in [6.07, 6.45) is 1.86. The van der Waals surface area contributed by atoms with Gasteiger partial charge in [-0.05, 0) is 62.1 Å². The number of nitrogens with one attached hydrogen (secondary N) is 1. The van der Waals surface area contributed by atoms with Crippen LogP contribution in [0.3, 0.4) is 0 Å². The average Bonchev–Trinajstić information content (AvgIpc) is 2.74. The SMILES string of the molecule is Cc1cccc(NC(=O)C2CCCN(c3ccc(-c4ccccc4C)nn3)C2)c1. The zero-order valence-electron chi connectivity index (χ0n) is 16.9. The summed E-state index contributed by atoms with van der Waals surface area (Å²) < 4.78 is 0. The maximum Gasteiger partial charge on any atom is 0.229 e. The molecule has 1 fully saturated rings. The van der Waals surface area contributed by atoms with Gasteiger partial charge in [-0.1, -0.05) is 36.4 Å². The van der Waals surface area contributed by atoms with Crippen LogP contribution in [0.1, 0.15) is 24.0 Å². The molecule has 1 unspecified atom stereocenters. The van der Waals surface area contributed by atoms with Gasteiger partial charge in [0.1, 0.15) is 0 Å². The standard InChI is InChI=1S/C24H26N4O/c1-17-7-5-10-20(15-17)25-24(29)19-9-6-14-28(16-19)23-13-12-22(26-27-23)21-11-4-3-8-18(21)2/h3-5,7-8,10-13,15,19H,6,9,14,16H2,1-2H3,(H,25,29). The van der Waals surface area contributed by atoms with Crippen LogP contribution in [0.15, 0.2) is 60.7 Å². The second kappa shape index (κ2) is 8.43. The molecule has 3 aromatic rings. The number of amides is 1. The number of hydrogen-bond acceptors (Lipinski definition) is 4. The van der Waals surface area contributed by atoms with Gasteiger partial charge in [-0.3, -0.25) is 4.79 Å². The normalized spacial score (nSPS) is 16.5. The lowest BCUT2D eigenvalue weighted by molar-refractivity contribution is -0.120. The lowest BCUT2D eigenvalue weighted by atomic mass is 9.97. The van der Waals surface area contributed by atoms with E-state index in [1.807, 2.05) is 55.5 Å². The molecular formula is C24H26N4O. The summed E-state index contributed by atoms with van der Waals surface area (Å²) in [4.78, 5) is 14.9. The van der Waals surface area contributed by atoms with Crippen LogP contribution < -0.4 is 10.2 Å². The molecular weight excluding hydrogens is 360 g/mol. The number of carbonyl (C=O) groups excluding carboxylic acids is 1. The van der Waals surface area contributed by atoms with Crippen LogP contribution in [0.5, 0.6) is 0 Å². The van der Waals surface area contributed by atoms with Gasteiger partial charge in [0, 0.05) is 24.3 Å². The fraction of sp³-hybridized carbons (Fsp3) is 0.292. The van der Waals surface area contributed by atoms with Crippen molar-refractivity contribution in [2.75, 3.05) is 23.3 Å².